The number of halogens is 1. The minimum Gasteiger partial charge on any atom is -0.508 e. The molecule has 2 aromatic carbocycles. The van der Waals surface area contributed by atoms with Gasteiger partial charge in [-0.1, -0.05) is 37.6 Å². The lowest BCUT2D eigenvalue weighted by Gasteiger charge is -2.13. The predicted molar refractivity (Wildman–Crippen MR) is 101 cm³/mol. The van der Waals surface area contributed by atoms with Gasteiger partial charge in [0.05, 0.1) is 10.5 Å². The maximum absolute atomic E-state index is 10.6. The van der Waals surface area contributed by atoms with Crippen molar-refractivity contribution in [2.45, 2.75) is 26.3 Å². The maximum Gasteiger partial charge on any atom is 0.341 e. The molecule has 0 amide bonds. The van der Waals surface area contributed by atoms with Crippen LogP contribution in [0.15, 0.2) is 42.6 Å². The number of rotatable bonds is 6. The number of ether oxygens (including phenoxy) is 1. The summed E-state index contributed by atoms with van der Waals surface area (Å²) >= 11 is 6.41. The topological polar surface area (TPSA) is 71.7 Å². The summed E-state index contributed by atoms with van der Waals surface area (Å²) in [6, 6.07) is 10.9. The van der Waals surface area contributed by atoms with E-state index in [-0.39, 0.29) is 5.92 Å². The van der Waals surface area contributed by atoms with Gasteiger partial charge in [-0.3, -0.25) is 0 Å². The third kappa shape index (κ3) is 3.78. The summed E-state index contributed by atoms with van der Waals surface area (Å²) in [5.74, 6) is -0.0743. The molecule has 0 saturated carbocycles. The highest BCUT2D eigenvalue weighted by Gasteiger charge is 2.12. The molecule has 0 spiro atoms. The van der Waals surface area contributed by atoms with Gasteiger partial charge in [-0.2, -0.15) is 0 Å². The van der Waals surface area contributed by atoms with Gasteiger partial charge in [-0.15, -0.1) is 0 Å². The van der Waals surface area contributed by atoms with Crippen molar-refractivity contribution in [3.8, 4) is 11.5 Å². The highest BCUT2D eigenvalue weighted by molar-refractivity contribution is 6.35. The number of aromatic nitrogens is 1. The van der Waals surface area contributed by atoms with E-state index >= 15 is 0 Å². The molecule has 0 aliphatic carbocycles. The van der Waals surface area contributed by atoms with E-state index in [1.54, 1.807) is 18.2 Å². The number of hydrogen-bond donors (Lipinski definition) is 2. The van der Waals surface area contributed by atoms with Gasteiger partial charge in [0.25, 0.3) is 0 Å². The molecule has 0 aliphatic heterocycles. The van der Waals surface area contributed by atoms with Crippen LogP contribution in [0.5, 0.6) is 11.5 Å². The molecule has 0 fully saturated rings. The number of carboxylic acid groups (broad SMARTS) is 1. The Labute approximate surface area is 156 Å². The number of aromatic hydroxyl groups is 1. The Balaban J connectivity index is 1.92. The molecule has 1 heterocycles. The smallest absolute Gasteiger partial charge is 0.341 e. The number of nitrogens with zero attached hydrogens (tertiary/aromatic N) is 1. The fraction of sp³-hybridized carbons (Fsp3) is 0.250. The van der Waals surface area contributed by atoms with Crippen molar-refractivity contribution in [3.05, 3.63) is 58.7 Å². The Kier molecular flexibility index (Phi) is 5.09. The van der Waals surface area contributed by atoms with Crippen molar-refractivity contribution in [1.29, 1.82) is 0 Å². The number of phenols is 1. The SMILES string of the molecule is CC(C)c1cc(Cn2ccc3cc(OCC(=O)O)cc(Cl)c32)ccc1O. The second kappa shape index (κ2) is 7.30. The average molecular weight is 374 g/mol. The number of fused-ring (bicyclic) bond motifs is 1. The summed E-state index contributed by atoms with van der Waals surface area (Å²) in [7, 11) is 0. The van der Waals surface area contributed by atoms with Gasteiger partial charge in [-0.05, 0) is 35.2 Å². The minimum absolute atomic E-state index is 0.230. The number of carbonyl (C=O) groups is 1. The highest BCUT2D eigenvalue weighted by atomic mass is 35.5. The second-order valence-corrected chi connectivity index (χ2v) is 6.92. The van der Waals surface area contributed by atoms with Crippen molar-refractivity contribution in [2.75, 3.05) is 6.61 Å². The van der Waals surface area contributed by atoms with Gasteiger partial charge < -0.3 is 19.5 Å². The molecule has 0 radical (unpaired) electrons. The van der Waals surface area contributed by atoms with Crippen LogP contribution in [0.3, 0.4) is 0 Å². The Morgan fingerprint density at radius 1 is 1.23 bits per heavy atom. The van der Waals surface area contributed by atoms with Gasteiger partial charge >= 0.3 is 5.97 Å². The molecule has 0 aliphatic rings. The Bertz CT molecular complexity index is 962. The molecule has 0 unspecified atom stereocenters. The first kappa shape index (κ1) is 18.1. The molecular weight excluding hydrogens is 354 g/mol. The number of carboxylic acids is 1. The van der Waals surface area contributed by atoms with Gasteiger partial charge in [0.2, 0.25) is 0 Å². The summed E-state index contributed by atoms with van der Waals surface area (Å²) in [5.41, 5.74) is 2.83. The minimum atomic E-state index is -1.04. The summed E-state index contributed by atoms with van der Waals surface area (Å²) in [6.07, 6.45) is 1.93. The van der Waals surface area contributed by atoms with Crippen LogP contribution in [-0.2, 0) is 11.3 Å². The molecule has 0 saturated heterocycles. The first-order chi connectivity index (χ1) is 12.3. The van der Waals surface area contributed by atoms with Crippen LogP contribution in [0, 0.1) is 0 Å². The summed E-state index contributed by atoms with van der Waals surface area (Å²) in [4.78, 5) is 10.6. The lowest BCUT2D eigenvalue weighted by molar-refractivity contribution is -0.139. The summed E-state index contributed by atoms with van der Waals surface area (Å²) in [6.45, 7) is 4.28. The standard InChI is InChI=1S/C20H20ClNO4/c1-12(2)16-7-13(3-4-18(16)23)10-22-6-5-14-8-15(26-11-19(24)25)9-17(21)20(14)22/h3-9,12,23H,10-11H2,1-2H3,(H,24,25). The number of phenolic OH excluding ortho intramolecular Hbond substituents is 1. The average Bonchev–Trinajstić information content (AvgIpc) is 2.98. The second-order valence-electron chi connectivity index (χ2n) is 6.52. The van der Waals surface area contributed by atoms with E-state index in [0.717, 1.165) is 22.0 Å². The molecule has 0 atom stereocenters. The highest BCUT2D eigenvalue weighted by Crippen LogP contribution is 2.32. The largest absolute Gasteiger partial charge is 0.508 e. The first-order valence-electron chi connectivity index (χ1n) is 8.30. The third-order valence-corrected chi connectivity index (χ3v) is 4.50. The van der Waals surface area contributed by atoms with E-state index in [9.17, 15) is 9.90 Å². The number of aliphatic carboxylic acids is 1. The van der Waals surface area contributed by atoms with Crippen LogP contribution in [0.2, 0.25) is 5.02 Å². The van der Waals surface area contributed by atoms with Gasteiger partial charge in [-0.25, -0.2) is 4.79 Å². The molecule has 3 rings (SSSR count). The van der Waals surface area contributed by atoms with Crippen molar-refractivity contribution in [3.63, 3.8) is 0 Å². The van der Waals surface area contributed by atoms with E-state index in [0.29, 0.717) is 23.1 Å². The van der Waals surface area contributed by atoms with Crippen molar-refractivity contribution in [2.24, 2.45) is 0 Å². The normalized spacial score (nSPS) is 11.2. The zero-order chi connectivity index (χ0) is 18.8. The van der Waals surface area contributed by atoms with Crippen LogP contribution < -0.4 is 4.74 Å². The maximum atomic E-state index is 10.6. The number of hydrogen-bond acceptors (Lipinski definition) is 3. The molecule has 3 aromatic rings. The van der Waals surface area contributed by atoms with Crippen LogP contribution >= 0.6 is 11.6 Å². The van der Waals surface area contributed by atoms with Crippen LogP contribution in [0.25, 0.3) is 10.9 Å². The van der Waals surface area contributed by atoms with Crippen molar-refractivity contribution >= 4 is 28.5 Å². The Morgan fingerprint density at radius 3 is 2.69 bits per heavy atom. The van der Waals surface area contributed by atoms with E-state index < -0.39 is 12.6 Å². The van der Waals surface area contributed by atoms with Crippen molar-refractivity contribution < 1.29 is 19.7 Å². The fourth-order valence-electron chi connectivity index (χ4n) is 2.99. The molecule has 5 nitrogen and oxygen atoms in total. The quantitative estimate of drug-likeness (QED) is 0.660. The van der Waals surface area contributed by atoms with Crippen LogP contribution in [0.1, 0.15) is 30.9 Å². The molecular formula is C20H20ClNO4. The van der Waals surface area contributed by atoms with E-state index in [1.165, 1.54) is 0 Å². The van der Waals surface area contributed by atoms with Gasteiger partial charge in [0, 0.05) is 24.2 Å². The van der Waals surface area contributed by atoms with Gasteiger partial charge in [0.1, 0.15) is 11.5 Å². The lowest BCUT2D eigenvalue weighted by atomic mass is 9.99. The van der Waals surface area contributed by atoms with Crippen molar-refractivity contribution in [1.82, 2.24) is 4.57 Å². The summed E-state index contributed by atoms with van der Waals surface area (Å²) in [5, 5.41) is 20.1. The molecule has 1 aromatic heterocycles. The zero-order valence-corrected chi connectivity index (χ0v) is 15.3. The number of benzene rings is 2. The summed E-state index contributed by atoms with van der Waals surface area (Å²) < 4.78 is 7.24. The Morgan fingerprint density at radius 2 is 2.00 bits per heavy atom. The van der Waals surface area contributed by atoms with E-state index in [2.05, 4.69) is 0 Å². The van der Waals surface area contributed by atoms with Gasteiger partial charge in [0.15, 0.2) is 6.61 Å². The zero-order valence-electron chi connectivity index (χ0n) is 14.6. The molecule has 2 N–H and O–H groups in total. The molecule has 136 valence electrons. The molecule has 6 heteroatoms. The first-order valence-corrected chi connectivity index (χ1v) is 8.67. The molecule has 26 heavy (non-hydrogen) atoms. The fourth-order valence-corrected chi connectivity index (χ4v) is 3.32. The predicted octanol–water partition coefficient (Wildman–Crippen LogP) is 4.64. The lowest BCUT2D eigenvalue weighted by Crippen LogP contribution is -2.09. The Hall–Kier alpha value is -2.66. The van der Waals surface area contributed by atoms with E-state index in [4.69, 9.17) is 21.4 Å². The molecule has 0 bridgehead atoms. The third-order valence-electron chi connectivity index (χ3n) is 4.22. The monoisotopic (exact) mass is 373 g/mol. The van der Waals surface area contributed by atoms with Crippen LogP contribution in [0.4, 0.5) is 0 Å². The van der Waals surface area contributed by atoms with Crippen LogP contribution in [-0.4, -0.2) is 27.4 Å². The van der Waals surface area contributed by atoms with E-state index in [1.807, 2.05) is 42.8 Å².